The van der Waals surface area contributed by atoms with Crippen LogP contribution in [0.1, 0.15) is 19.8 Å². The summed E-state index contributed by atoms with van der Waals surface area (Å²) in [6.45, 7) is 3.03. The van der Waals surface area contributed by atoms with E-state index in [-0.39, 0.29) is 17.9 Å². The molecule has 1 fully saturated rings. The molecule has 0 spiro atoms. The third kappa shape index (κ3) is 4.24. The van der Waals surface area contributed by atoms with E-state index in [0.717, 1.165) is 6.42 Å². The highest BCUT2D eigenvalue weighted by Gasteiger charge is 2.31. The first kappa shape index (κ1) is 16.8. The SMILES string of the molecule is CC(=O)N1CCC[C@@H]1C(=O)NCCNc1ncc(Cl)cc1Cl. The molecule has 1 atom stereocenters. The standard InChI is InChI=1S/C14H18Cl2N4O2/c1-9(21)20-6-2-3-12(20)14(22)18-5-4-17-13-11(16)7-10(15)8-19-13/h7-8,12H,2-6H2,1H3,(H,17,19)(H,18,22)/t12-/m1/s1. The van der Waals surface area contributed by atoms with Gasteiger partial charge in [0.1, 0.15) is 11.9 Å². The fourth-order valence-corrected chi connectivity index (χ4v) is 2.89. The predicted octanol–water partition coefficient (Wildman–Crippen LogP) is 1.93. The molecule has 22 heavy (non-hydrogen) atoms. The number of carbonyl (C=O) groups excluding carboxylic acids is 2. The van der Waals surface area contributed by atoms with Crippen LogP contribution in [0.15, 0.2) is 12.3 Å². The van der Waals surface area contributed by atoms with E-state index in [1.165, 1.54) is 13.1 Å². The summed E-state index contributed by atoms with van der Waals surface area (Å²) in [4.78, 5) is 29.2. The summed E-state index contributed by atoms with van der Waals surface area (Å²) < 4.78 is 0. The van der Waals surface area contributed by atoms with Gasteiger partial charge in [-0.05, 0) is 18.9 Å². The van der Waals surface area contributed by atoms with Crippen LogP contribution in [0.25, 0.3) is 0 Å². The van der Waals surface area contributed by atoms with Crippen LogP contribution in [0.4, 0.5) is 5.82 Å². The van der Waals surface area contributed by atoms with Gasteiger partial charge in [-0.15, -0.1) is 0 Å². The fourth-order valence-electron chi connectivity index (χ4n) is 2.45. The second kappa shape index (κ2) is 7.65. The van der Waals surface area contributed by atoms with Gasteiger partial charge in [0.2, 0.25) is 11.8 Å². The van der Waals surface area contributed by atoms with Crippen LogP contribution in [0.2, 0.25) is 10.0 Å². The lowest BCUT2D eigenvalue weighted by molar-refractivity contribution is -0.136. The Morgan fingerprint density at radius 3 is 2.86 bits per heavy atom. The van der Waals surface area contributed by atoms with E-state index < -0.39 is 0 Å². The van der Waals surface area contributed by atoms with E-state index >= 15 is 0 Å². The number of nitrogens with one attached hydrogen (secondary N) is 2. The molecule has 2 rings (SSSR count). The van der Waals surface area contributed by atoms with Gasteiger partial charge in [0.05, 0.1) is 10.0 Å². The topological polar surface area (TPSA) is 74.3 Å². The lowest BCUT2D eigenvalue weighted by atomic mass is 10.2. The number of nitrogens with zero attached hydrogens (tertiary/aromatic N) is 2. The van der Waals surface area contributed by atoms with Crippen LogP contribution in [0.3, 0.4) is 0 Å². The molecule has 0 saturated carbocycles. The molecule has 1 aromatic heterocycles. The fraction of sp³-hybridized carbons (Fsp3) is 0.500. The summed E-state index contributed by atoms with van der Waals surface area (Å²) in [5, 5.41) is 6.74. The van der Waals surface area contributed by atoms with Crippen LogP contribution in [-0.4, -0.2) is 47.4 Å². The first-order valence-corrected chi connectivity index (χ1v) is 7.84. The van der Waals surface area contributed by atoms with Crippen molar-refractivity contribution in [3.8, 4) is 0 Å². The van der Waals surface area contributed by atoms with Gasteiger partial charge in [0, 0.05) is 32.8 Å². The predicted molar refractivity (Wildman–Crippen MR) is 86.2 cm³/mol. The third-order valence-electron chi connectivity index (χ3n) is 3.48. The van der Waals surface area contributed by atoms with E-state index in [2.05, 4.69) is 15.6 Å². The zero-order chi connectivity index (χ0) is 16.1. The van der Waals surface area contributed by atoms with Crippen molar-refractivity contribution in [1.82, 2.24) is 15.2 Å². The third-order valence-corrected chi connectivity index (χ3v) is 3.98. The Morgan fingerprint density at radius 1 is 1.41 bits per heavy atom. The zero-order valence-electron chi connectivity index (χ0n) is 12.2. The maximum Gasteiger partial charge on any atom is 0.242 e. The van der Waals surface area contributed by atoms with E-state index in [0.29, 0.717) is 41.9 Å². The molecular formula is C14H18Cl2N4O2. The Kier molecular flexibility index (Phi) is 5.85. The normalized spacial score (nSPS) is 17.4. The molecule has 2 N–H and O–H groups in total. The summed E-state index contributed by atoms with van der Waals surface area (Å²) in [6.07, 6.45) is 3.07. The van der Waals surface area contributed by atoms with Crippen LogP contribution < -0.4 is 10.6 Å². The van der Waals surface area contributed by atoms with Crippen LogP contribution in [0, 0.1) is 0 Å². The molecule has 1 aliphatic rings. The van der Waals surface area contributed by atoms with Crippen molar-refractivity contribution in [1.29, 1.82) is 0 Å². The van der Waals surface area contributed by atoms with Gasteiger partial charge < -0.3 is 15.5 Å². The second-order valence-electron chi connectivity index (χ2n) is 5.07. The van der Waals surface area contributed by atoms with E-state index in [1.54, 1.807) is 11.0 Å². The number of pyridine rings is 1. The molecule has 1 aliphatic heterocycles. The maximum atomic E-state index is 12.1. The maximum absolute atomic E-state index is 12.1. The second-order valence-corrected chi connectivity index (χ2v) is 5.92. The minimum Gasteiger partial charge on any atom is -0.367 e. The van der Waals surface area contributed by atoms with Crippen molar-refractivity contribution in [2.75, 3.05) is 25.0 Å². The molecule has 2 amide bonds. The quantitative estimate of drug-likeness (QED) is 0.800. The Morgan fingerprint density at radius 2 is 2.18 bits per heavy atom. The van der Waals surface area contributed by atoms with Crippen molar-refractivity contribution in [3.63, 3.8) is 0 Å². The zero-order valence-corrected chi connectivity index (χ0v) is 13.7. The number of hydrogen-bond acceptors (Lipinski definition) is 4. The largest absolute Gasteiger partial charge is 0.367 e. The van der Waals surface area contributed by atoms with Gasteiger partial charge >= 0.3 is 0 Å². The number of amides is 2. The van der Waals surface area contributed by atoms with Crippen molar-refractivity contribution >= 4 is 40.8 Å². The summed E-state index contributed by atoms with van der Waals surface area (Å²) in [5.41, 5.74) is 0. The number of anilines is 1. The lowest BCUT2D eigenvalue weighted by Gasteiger charge is -2.22. The van der Waals surface area contributed by atoms with E-state index in [4.69, 9.17) is 23.2 Å². The monoisotopic (exact) mass is 344 g/mol. The van der Waals surface area contributed by atoms with Crippen LogP contribution in [0.5, 0.6) is 0 Å². The average Bonchev–Trinajstić information content (AvgIpc) is 2.95. The number of hydrogen-bond donors (Lipinski definition) is 2. The van der Waals surface area contributed by atoms with Crippen molar-refractivity contribution in [2.45, 2.75) is 25.8 Å². The van der Waals surface area contributed by atoms with Gasteiger partial charge in [-0.1, -0.05) is 23.2 Å². The Bertz CT molecular complexity index is 568. The first-order chi connectivity index (χ1) is 10.5. The number of halogens is 2. The van der Waals surface area contributed by atoms with Crippen molar-refractivity contribution < 1.29 is 9.59 Å². The number of carbonyl (C=O) groups is 2. The molecule has 0 unspecified atom stereocenters. The smallest absolute Gasteiger partial charge is 0.242 e. The molecule has 6 nitrogen and oxygen atoms in total. The van der Waals surface area contributed by atoms with Gasteiger partial charge in [-0.3, -0.25) is 9.59 Å². The Labute approximate surface area is 139 Å². The molecule has 0 radical (unpaired) electrons. The highest BCUT2D eigenvalue weighted by Crippen LogP contribution is 2.22. The van der Waals surface area contributed by atoms with Crippen LogP contribution in [-0.2, 0) is 9.59 Å². The number of likely N-dealkylation sites (tertiary alicyclic amines) is 1. The Balaban J connectivity index is 1.76. The summed E-state index contributed by atoms with van der Waals surface area (Å²) in [6, 6.07) is 1.25. The van der Waals surface area contributed by atoms with Crippen LogP contribution >= 0.6 is 23.2 Å². The minimum absolute atomic E-state index is 0.0621. The van der Waals surface area contributed by atoms with Gasteiger partial charge in [0.15, 0.2) is 0 Å². The van der Waals surface area contributed by atoms with Gasteiger partial charge in [-0.25, -0.2) is 4.98 Å². The summed E-state index contributed by atoms with van der Waals surface area (Å²) in [5.74, 6) is 0.337. The van der Waals surface area contributed by atoms with E-state index in [9.17, 15) is 9.59 Å². The van der Waals surface area contributed by atoms with Gasteiger partial charge in [0.25, 0.3) is 0 Å². The highest BCUT2D eigenvalue weighted by atomic mass is 35.5. The minimum atomic E-state index is -0.352. The molecule has 1 aromatic rings. The molecule has 8 heteroatoms. The summed E-state index contributed by atoms with van der Waals surface area (Å²) in [7, 11) is 0. The molecule has 2 heterocycles. The molecule has 0 aromatic carbocycles. The van der Waals surface area contributed by atoms with Crippen molar-refractivity contribution in [2.24, 2.45) is 0 Å². The van der Waals surface area contributed by atoms with E-state index in [1.807, 2.05) is 0 Å². The number of rotatable bonds is 5. The molecule has 0 aliphatic carbocycles. The van der Waals surface area contributed by atoms with Crippen molar-refractivity contribution in [3.05, 3.63) is 22.3 Å². The molecule has 120 valence electrons. The average molecular weight is 345 g/mol. The first-order valence-electron chi connectivity index (χ1n) is 7.09. The highest BCUT2D eigenvalue weighted by molar-refractivity contribution is 6.35. The molecule has 1 saturated heterocycles. The molecule has 0 bridgehead atoms. The summed E-state index contributed by atoms with van der Waals surface area (Å²) >= 11 is 11.8. The Hall–Kier alpha value is -1.53. The molecular weight excluding hydrogens is 327 g/mol. The number of aromatic nitrogens is 1. The lowest BCUT2D eigenvalue weighted by Crippen LogP contribution is -2.46. The van der Waals surface area contributed by atoms with Gasteiger partial charge in [-0.2, -0.15) is 0 Å².